The molecule has 1 unspecified atom stereocenters. The molecule has 1 atom stereocenters. The zero-order chi connectivity index (χ0) is 19.9. The first-order valence-corrected chi connectivity index (χ1v) is 10.5. The molecule has 0 bridgehead atoms. The molecule has 0 heterocycles. The molecular weight excluding hydrogens is 362 g/mol. The van der Waals surface area contributed by atoms with Crippen molar-refractivity contribution in [3.8, 4) is 11.8 Å². The minimum atomic E-state index is -3.66. The molecule has 2 N–H and O–H groups in total. The summed E-state index contributed by atoms with van der Waals surface area (Å²) >= 11 is 0. The Morgan fingerprint density at radius 2 is 1.59 bits per heavy atom. The lowest BCUT2D eigenvalue weighted by atomic mass is 9.99. The Bertz CT molecular complexity index is 941. The molecule has 0 saturated heterocycles. The zero-order valence-corrected chi connectivity index (χ0v) is 16.2. The number of sulfone groups is 1. The van der Waals surface area contributed by atoms with Gasteiger partial charge in [0, 0.05) is 17.4 Å². The minimum Gasteiger partial charge on any atom is -0.289 e. The van der Waals surface area contributed by atoms with Gasteiger partial charge in [-0.15, -0.1) is 0 Å². The van der Waals surface area contributed by atoms with E-state index in [1.165, 1.54) is 12.4 Å². The number of benzene rings is 2. The predicted octanol–water partition coefficient (Wildman–Crippen LogP) is 2.72. The van der Waals surface area contributed by atoms with Crippen molar-refractivity contribution < 1.29 is 18.4 Å². The smallest absolute Gasteiger partial charge is 0.264 e. The van der Waals surface area contributed by atoms with E-state index < -0.39 is 20.5 Å². The predicted molar refractivity (Wildman–Crippen MR) is 105 cm³/mol. The van der Waals surface area contributed by atoms with Crippen molar-refractivity contribution in [2.45, 2.75) is 30.9 Å². The third-order valence-electron chi connectivity index (χ3n) is 4.60. The third-order valence-corrected chi connectivity index (χ3v) is 6.62. The van der Waals surface area contributed by atoms with E-state index in [0.29, 0.717) is 12.8 Å². The molecule has 0 radical (unpaired) electrons. The van der Waals surface area contributed by atoms with Gasteiger partial charge in [-0.05, 0) is 56.0 Å². The molecule has 2 aromatic rings. The van der Waals surface area contributed by atoms with Crippen molar-refractivity contribution in [3.63, 3.8) is 0 Å². The Labute approximate surface area is 160 Å². The number of hydrogen-bond donors (Lipinski definition) is 2. The third kappa shape index (κ3) is 5.43. The van der Waals surface area contributed by atoms with E-state index in [1.807, 2.05) is 54.6 Å². The molecule has 5 nitrogen and oxygen atoms in total. The molecule has 0 aromatic heterocycles. The standard InChI is InChI=1S/C21H23NO4S/c1-21(20(23)22-24,27(2,25)26)16-6-9-18-11-14-19(15-12-18)13-10-17-7-4-3-5-8-17/h3-5,7-8,11-12,14-15,24H,6,9,16H2,1-2H3,(H,22,23). The first-order chi connectivity index (χ1) is 12.8. The summed E-state index contributed by atoms with van der Waals surface area (Å²) in [5, 5.41) is 8.84. The lowest BCUT2D eigenvalue weighted by molar-refractivity contribution is -0.131. The summed E-state index contributed by atoms with van der Waals surface area (Å²) in [6, 6.07) is 17.4. The fraction of sp³-hybridized carbons (Fsp3) is 0.286. The van der Waals surface area contributed by atoms with Crippen LogP contribution in [0.2, 0.25) is 0 Å². The summed E-state index contributed by atoms with van der Waals surface area (Å²) in [5.74, 6) is 5.29. The van der Waals surface area contributed by atoms with Gasteiger partial charge >= 0.3 is 0 Å². The molecule has 6 heteroatoms. The Morgan fingerprint density at radius 1 is 1.04 bits per heavy atom. The van der Waals surface area contributed by atoms with Crippen LogP contribution in [0, 0.1) is 11.8 Å². The largest absolute Gasteiger partial charge is 0.289 e. The van der Waals surface area contributed by atoms with Gasteiger partial charge in [0.1, 0.15) is 4.75 Å². The summed E-state index contributed by atoms with van der Waals surface area (Å²) in [7, 11) is -3.66. The van der Waals surface area contributed by atoms with Gasteiger partial charge in [0.15, 0.2) is 9.84 Å². The molecule has 2 rings (SSSR count). The van der Waals surface area contributed by atoms with E-state index in [2.05, 4.69) is 11.8 Å². The van der Waals surface area contributed by atoms with Crippen LogP contribution in [-0.2, 0) is 21.1 Å². The summed E-state index contributed by atoms with van der Waals surface area (Å²) < 4.78 is 22.2. The minimum absolute atomic E-state index is 0.119. The van der Waals surface area contributed by atoms with Crippen LogP contribution in [-0.4, -0.2) is 30.5 Å². The number of hydroxylamine groups is 1. The van der Waals surface area contributed by atoms with Crippen molar-refractivity contribution in [1.29, 1.82) is 0 Å². The molecule has 1 amide bonds. The van der Waals surface area contributed by atoms with E-state index in [0.717, 1.165) is 22.9 Å². The van der Waals surface area contributed by atoms with E-state index >= 15 is 0 Å². The highest BCUT2D eigenvalue weighted by Gasteiger charge is 2.42. The van der Waals surface area contributed by atoms with Crippen LogP contribution in [0.1, 0.15) is 36.5 Å². The Kier molecular flexibility index (Phi) is 6.78. The van der Waals surface area contributed by atoms with Gasteiger partial charge in [0.05, 0.1) is 0 Å². The number of nitrogens with one attached hydrogen (secondary N) is 1. The van der Waals surface area contributed by atoms with E-state index in [-0.39, 0.29) is 6.42 Å². The van der Waals surface area contributed by atoms with Gasteiger partial charge in [-0.2, -0.15) is 0 Å². The maximum atomic E-state index is 11.9. The van der Waals surface area contributed by atoms with Crippen molar-refractivity contribution in [2.75, 3.05) is 6.26 Å². The maximum absolute atomic E-state index is 11.9. The molecule has 142 valence electrons. The second-order valence-electron chi connectivity index (χ2n) is 6.61. The van der Waals surface area contributed by atoms with Gasteiger partial charge in [-0.1, -0.05) is 42.2 Å². The van der Waals surface area contributed by atoms with Crippen molar-refractivity contribution in [2.24, 2.45) is 0 Å². The molecule has 0 aliphatic rings. The number of carbonyl (C=O) groups is 1. The summed E-state index contributed by atoms with van der Waals surface area (Å²) in [4.78, 5) is 11.8. The van der Waals surface area contributed by atoms with Crippen LogP contribution in [0.5, 0.6) is 0 Å². The molecule has 0 aliphatic heterocycles. The van der Waals surface area contributed by atoms with Gasteiger partial charge in [0.25, 0.3) is 5.91 Å². The number of rotatable bonds is 6. The maximum Gasteiger partial charge on any atom is 0.264 e. The van der Waals surface area contributed by atoms with E-state index in [9.17, 15) is 13.2 Å². The number of amides is 1. The van der Waals surface area contributed by atoms with Gasteiger partial charge < -0.3 is 0 Å². The average Bonchev–Trinajstić information content (AvgIpc) is 2.66. The lowest BCUT2D eigenvalue weighted by Gasteiger charge is -2.24. The lowest BCUT2D eigenvalue weighted by Crippen LogP contribution is -2.49. The normalized spacial score (nSPS) is 13.1. The summed E-state index contributed by atoms with van der Waals surface area (Å²) in [6.07, 6.45) is 2.23. The Balaban J connectivity index is 1.99. The van der Waals surface area contributed by atoms with Gasteiger partial charge in [0.2, 0.25) is 0 Å². The van der Waals surface area contributed by atoms with Crippen LogP contribution in [0.4, 0.5) is 0 Å². The molecule has 27 heavy (non-hydrogen) atoms. The Hall–Kier alpha value is -2.62. The monoisotopic (exact) mass is 385 g/mol. The van der Waals surface area contributed by atoms with Gasteiger partial charge in [-0.3, -0.25) is 10.0 Å². The topological polar surface area (TPSA) is 83.5 Å². The van der Waals surface area contributed by atoms with E-state index in [1.54, 1.807) is 0 Å². The van der Waals surface area contributed by atoms with Crippen LogP contribution in [0.15, 0.2) is 54.6 Å². The van der Waals surface area contributed by atoms with Crippen LogP contribution in [0.3, 0.4) is 0 Å². The van der Waals surface area contributed by atoms with Crippen LogP contribution in [0.25, 0.3) is 0 Å². The second-order valence-corrected chi connectivity index (χ2v) is 9.06. The molecule has 0 saturated carbocycles. The highest BCUT2D eigenvalue weighted by Crippen LogP contribution is 2.24. The number of hydrogen-bond acceptors (Lipinski definition) is 4. The molecule has 0 fully saturated rings. The molecule has 2 aromatic carbocycles. The number of carbonyl (C=O) groups excluding carboxylic acids is 1. The van der Waals surface area contributed by atoms with Crippen molar-refractivity contribution in [1.82, 2.24) is 5.48 Å². The van der Waals surface area contributed by atoms with Crippen LogP contribution >= 0.6 is 0 Å². The zero-order valence-electron chi connectivity index (χ0n) is 15.4. The summed E-state index contributed by atoms with van der Waals surface area (Å²) in [6.45, 7) is 1.33. The Morgan fingerprint density at radius 3 is 2.11 bits per heavy atom. The SMILES string of the molecule is CC(CCCc1ccc(C#Cc2ccccc2)cc1)(C(=O)NO)S(C)(=O)=O. The molecule has 0 aliphatic carbocycles. The highest BCUT2D eigenvalue weighted by atomic mass is 32.2. The fourth-order valence-electron chi connectivity index (χ4n) is 2.64. The molecule has 0 spiro atoms. The quantitative estimate of drug-likeness (QED) is 0.455. The molecular formula is C21H23NO4S. The summed E-state index contributed by atoms with van der Waals surface area (Å²) in [5.41, 5.74) is 4.33. The van der Waals surface area contributed by atoms with Gasteiger partial charge in [-0.25, -0.2) is 13.9 Å². The fourth-order valence-corrected chi connectivity index (χ4v) is 3.53. The van der Waals surface area contributed by atoms with E-state index in [4.69, 9.17) is 5.21 Å². The average molecular weight is 385 g/mol. The number of aryl methyl sites for hydroxylation is 1. The first kappa shape index (κ1) is 20.7. The first-order valence-electron chi connectivity index (χ1n) is 8.56. The highest BCUT2D eigenvalue weighted by molar-refractivity contribution is 7.92. The van der Waals surface area contributed by atoms with Crippen molar-refractivity contribution >= 4 is 15.7 Å². The van der Waals surface area contributed by atoms with Crippen LogP contribution < -0.4 is 5.48 Å². The van der Waals surface area contributed by atoms with Crippen molar-refractivity contribution in [3.05, 3.63) is 71.3 Å². The second kappa shape index (κ2) is 8.85.